The molecule has 0 unspecified atom stereocenters. The van der Waals surface area contributed by atoms with Crippen LogP contribution in [-0.4, -0.2) is 81.0 Å². The van der Waals surface area contributed by atoms with Gasteiger partial charge >= 0.3 is 6.03 Å². The van der Waals surface area contributed by atoms with Gasteiger partial charge in [0.15, 0.2) is 0 Å². The quantitative estimate of drug-likeness (QED) is 0.733. The molecule has 0 spiro atoms. The third-order valence-electron chi connectivity index (χ3n) is 4.87. The summed E-state index contributed by atoms with van der Waals surface area (Å²) in [4.78, 5) is 17.1. The molecule has 0 saturated carbocycles. The van der Waals surface area contributed by atoms with E-state index in [2.05, 4.69) is 29.0 Å². The van der Waals surface area contributed by atoms with E-state index in [9.17, 15) is 4.79 Å². The van der Waals surface area contributed by atoms with Gasteiger partial charge in [-0.1, -0.05) is 13.8 Å². The predicted octanol–water partition coefficient (Wildman–Crippen LogP) is 1.95. The molecule has 0 radical (unpaired) electrons. The monoisotopic (exact) mass is 341 g/mol. The molecule has 6 heteroatoms. The molecule has 2 aliphatic heterocycles. The Morgan fingerprint density at radius 2 is 1.83 bits per heavy atom. The highest BCUT2D eigenvalue weighted by atomic mass is 16.5. The van der Waals surface area contributed by atoms with Crippen LogP contribution < -0.4 is 5.32 Å². The molecule has 2 saturated heterocycles. The normalized spacial score (nSPS) is 20.3. The third-order valence-corrected chi connectivity index (χ3v) is 4.87. The Morgan fingerprint density at radius 1 is 1.17 bits per heavy atom. The standard InChI is InChI=1S/C18H35N3O3/c1-16(2)4-7-19-18(22)21(17-5-12-23-13-6-17)9-3-8-20-10-14-24-15-11-20/h16-17H,3-15H2,1-2H3,(H,19,22). The van der Waals surface area contributed by atoms with Crippen LogP contribution in [0.5, 0.6) is 0 Å². The first-order valence-electron chi connectivity index (χ1n) is 9.59. The fourth-order valence-electron chi connectivity index (χ4n) is 3.31. The number of nitrogens with one attached hydrogen (secondary N) is 1. The van der Waals surface area contributed by atoms with Gasteiger partial charge in [-0.2, -0.15) is 0 Å². The molecule has 0 atom stereocenters. The van der Waals surface area contributed by atoms with Crippen LogP contribution in [0.25, 0.3) is 0 Å². The van der Waals surface area contributed by atoms with Crippen LogP contribution in [-0.2, 0) is 9.47 Å². The molecule has 0 aromatic rings. The van der Waals surface area contributed by atoms with E-state index in [0.717, 1.165) is 84.8 Å². The average molecular weight is 341 g/mol. The van der Waals surface area contributed by atoms with Crippen LogP contribution >= 0.6 is 0 Å². The zero-order valence-corrected chi connectivity index (χ0v) is 15.5. The van der Waals surface area contributed by atoms with Gasteiger partial charge in [0.25, 0.3) is 0 Å². The van der Waals surface area contributed by atoms with Crippen molar-refractivity contribution in [1.29, 1.82) is 0 Å². The molecule has 1 N–H and O–H groups in total. The Bertz CT molecular complexity index is 353. The van der Waals surface area contributed by atoms with Crippen molar-refractivity contribution in [3.05, 3.63) is 0 Å². The van der Waals surface area contributed by atoms with E-state index in [-0.39, 0.29) is 6.03 Å². The summed E-state index contributed by atoms with van der Waals surface area (Å²) in [5.41, 5.74) is 0. The zero-order valence-electron chi connectivity index (χ0n) is 15.5. The molecule has 2 amide bonds. The molecule has 0 aliphatic carbocycles. The lowest BCUT2D eigenvalue weighted by molar-refractivity contribution is 0.0308. The maximum Gasteiger partial charge on any atom is 0.317 e. The van der Waals surface area contributed by atoms with Crippen molar-refractivity contribution in [2.45, 2.75) is 45.6 Å². The van der Waals surface area contributed by atoms with Crippen LogP contribution in [0, 0.1) is 5.92 Å². The molecule has 2 rings (SSSR count). The zero-order chi connectivity index (χ0) is 17.2. The minimum atomic E-state index is 0.101. The number of rotatable bonds is 8. The topological polar surface area (TPSA) is 54.0 Å². The van der Waals surface area contributed by atoms with Gasteiger partial charge < -0.3 is 19.7 Å². The van der Waals surface area contributed by atoms with E-state index in [4.69, 9.17) is 9.47 Å². The van der Waals surface area contributed by atoms with Crippen molar-refractivity contribution in [2.75, 3.05) is 59.2 Å². The van der Waals surface area contributed by atoms with Crippen LogP contribution in [0.15, 0.2) is 0 Å². The number of amides is 2. The van der Waals surface area contributed by atoms with Crippen LogP contribution in [0.1, 0.15) is 39.5 Å². The first kappa shape index (κ1) is 19.5. The predicted molar refractivity (Wildman–Crippen MR) is 95.3 cm³/mol. The van der Waals surface area contributed by atoms with Crippen molar-refractivity contribution in [3.8, 4) is 0 Å². The Hall–Kier alpha value is -0.850. The van der Waals surface area contributed by atoms with Crippen molar-refractivity contribution in [3.63, 3.8) is 0 Å². The summed E-state index contributed by atoms with van der Waals surface area (Å²) in [6.07, 6.45) is 3.96. The van der Waals surface area contributed by atoms with E-state index in [1.165, 1.54) is 0 Å². The number of urea groups is 1. The van der Waals surface area contributed by atoms with Gasteiger partial charge in [0.2, 0.25) is 0 Å². The third kappa shape index (κ3) is 6.95. The van der Waals surface area contributed by atoms with Gasteiger partial charge in [-0.3, -0.25) is 4.90 Å². The first-order chi connectivity index (χ1) is 11.7. The smallest absolute Gasteiger partial charge is 0.317 e. The Balaban J connectivity index is 1.78. The first-order valence-corrected chi connectivity index (χ1v) is 9.59. The van der Waals surface area contributed by atoms with Crippen LogP contribution in [0.3, 0.4) is 0 Å². The lowest BCUT2D eigenvalue weighted by atomic mass is 10.1. The SMILES string of the molecule is CC(C)CCNC(=O)N(CCCN1CCOCC1)C1CCOCC1. The molecular weight excluding hydrogens is 306 g/mol. The second-order valence-corrected chi connectivity index (χ2v) is 7.26. The van der Waals surface area contributed by atoms with Gasteiger partial charge in [-0.15, -0.1) is 0 Å². The minimum Gasteiger partial charge on any atom is -0.381 e. The number of carbonyl (C=O) groups excluding carboxylic acids is 1. The molecule has 24 heavy (non-hydrogen) atoms. The summed E-state index contributed by atoms with van der Waals surface area (Å²) in [6, 6.07) is 0.423. The summed E-state index contributed by atoms with van der Waals surface area (Å²) >= 11 is 0. The average Bonchev–Trinajstić information content (AvgIpc) is 2.60. The highest BCUT2D eigenvalue weighted by molar-refractivity contribution is 5.74. The minimum absolute atomic E-state index is 0.101. The van der Waals surface area contributed by atoms with Crippen LogP contribution in [0.2, 0.25) is 0 Å². The lowest BCUT2D eigenvalue weighted by Gasteiger charge is -2.35. The van der Waals surface area contributed by atoms with Crippen LogP contribution in [0.4, 0.5) is 4.79 Å². The fraction of sp³-hybridized carbons (Fsp3) is 0.944. The molecule has 6 nitrogen and oxygen atoms in total. The van der Waals surface area contributed by atoms with E-state index < -0.39 is 0 Å². The van der Waals surface area contributed by atoms with Gasteiger partial charge in [0.05, 0.1) is 13.2 Å². The molecule has 0 bridgehead atoms. The molecule has 0 aromatic carbocycles. The van der Waals surface area contributed by atoms with Gasteiger partial charge in [-0.05, 0) is 31.6 Å². The maximum atomic E-state index is 12.6. The number of hydrogen-bond acceptors (Lipinski definition) is 4. The number of carbonyl (C=O) groups is 1. The summed E-state index contributed by atoms with van der Waals surface area (Å²) < 4.78 is 10.9. The van der Waals surface area contributed by atoms with Crippen molar-refractivity contribution < 1.29 is 14.3 Å². The van der Waals surface area contributed by atoms with Crippen molar-refractivity contribution in [1.82, 2.24) is 15.1 Å². The molecule has 2 heterocycles. The van der Waals surface area contributed by atoms with Crippen molar-refractivity contribution in [2.24, 2.45) is 5.92 Å². The maximum absolute atomic E-state index is 12.6. The highest BCUT2D eigenvalue weighted by Crippen LogP contribution is 2.15. The van der Waals surface area contributed by atoms with Gasteiger partial charge in [-0.25, -0.2) is 4.79 Å². The van der Waals surface area contributed by atoms with E-state index in [1.54, 1.807) is 0 Å². The largest absolute Gasteiger partial charge is 0.381 e. The Kier molecular flexibility index (Phi) is 8.84. The van der Waals surface area contributed by atoms with Gasteiger partial charge in [0.1, 0.15) is 0 Å². The number of ether oxygens (including phenoxy) is 2. The molecule has 0 aromatic heterocycles. The molecule has 140 valence electrons. The fourth-order valence-corrected chi connectivity index (χ4v) is 3.31. The van der Waals surface area contributed by atoms with Gasteiger partial charge in [0, 0.05) is 52.0 Å². The van der Waals surface area contributed by atoms with Crippen molar-refractivity contribution >= 4 is 6.03 Å². The summed E-state index contributed by atoms with van der Waals surface area (Å²) in [5, 5.41) is 3.11. The summed E-state index contributed by atoms with van der Waals surface area (Å²) in [5.74, 6) is 0.614. The molecular formula is C18H35N3O3. The van der Waals surface area contributed by atoms with E-state index in [1.807, 2.05) is 0 Å². The van der Waals surface area contributed by atoms with E-state index in [0.29, 0.717) is 12.0 Å². The van der Waals surface area contributed by atoms with E-state index >= 15 is 0 Å². The highest BCUT2D eigenvalue weighted by Gasteiger charge is 2.25. The number of hydrogen-bond donors (Lipinski definition) is 1. The lowest BCUT2D eigenvalue weighted by Crippen LogP contribution is -2.49. The molecule has 2 aliphatic rings. The second-order valence-electron chi connectivity index (χ2n) is 7.26. The summed E-state index contributed by atoms with van der Waals surface area (Å²) in [6.45, 7) is 12.2. The number of morpholine rings is 1. The molecule has 2 fully saturated rings. The summed E-state index contributed by atoms with van der Waals surface area (Å²) in [7, 11) is 0. The second kappa shape index (κ2) is 10.9. The Labute approximate surface area is 146 Å². The Morgan fingerprint density at radius 3 is 2.50 bits per heavy atom. The number of nitrogens with zero attached hydrogens (tertiary/aromatic N) is 2.